The molecule has 1 atom stereocenters. The largest absolute Gasteiger partial charge is 0.489 e. The fourth-order valence-electron chi connectivity index (χ4n) is 2.63. The molecule has 1 amide bonds. The van der Waals surface area contributed by atoms with Gasteiger partial charge in [0, 0.05) is 38.9 Å². The fraction of sp³-hybridized carbons (Fsp3) is 0.625. The van der Waals surface area contributed by atoms with Crippen molar-refractivity contribution in [2.75, 3.05) is 32.7 Å². The molecule has 2 heterocycles. The summed E-state index contributed by atoms with van der Waals surface area (Å²) >= 11 is 0. The maximum atomic E-state index is 13.4. The minimum absolute atomic E-state index is 0.0163. The Labute approximate surface area is 144 Å². The number of amides is 1. The second kappa shape index (κ2) is 8.48. The number of nitrogens with one attached hydrogen (secondary N) is 2. The standard InChI is InChI=1S/C16H23F3N4O2/c1-11(2)25-12-4-3-5-21-14(12)15(24)22-10-13(16(17,18)19)23-8-6-20-7-9-23/h3-5,11,13,20H,6-10H2,1-2H3,(H,22,24). The number of hydrogen-bond donors (Lipinski definition) is 2. The van der Waals surface area contributed by atoms with E-state index in [0.717, 1.165) is 0 Å². The van der Waals surface area contributed by atoms with E-state index in [9.17, 15) is 18.0 Å². The van der Waals surface area contributed by atoms with Crippen LogP contribution in [0.3, 0.4) is 0 Å². The van der Waals surface area contributed by atoms with E-state index < -0.39 is 24.7 Å². The first-order valence-electron chi connectivity index (χ1n) is 8.20. The van der Waals surface area contributed by atoms with Gasteiger partial charge in [-0.05, 0) is 26.0 Å². The minimum atomic E-state index is -4.42. The van der Waals surface area contributed by atoms with Crippen molar-refractivity contribution >= 4 is 5.91 Å². The predicted molar refractivity (Wildman–Crippen MR) is 86.6 cm³/mol. The van der Waals surface area contributed by atoms with Gasteiger partial charge in [0.25, 0.3) is 5.91 Å². The molecule has 6 nitrogen and oxygen atoms in total. The van der Waals surface area contributed by atoms with E-state index in [1.54, 1.807) is 26.0 Å². The lowest BCUT2D eigenvalue weighted by atomic mass is 10.2. The SMILES string of the molecule is CC(C)Oc1cccnc1C(=O)NCC(N1CCNCC1)C(F)(F)F. The number of aromatic nitrogens is 1. The van der Waals surface area contributed by atoms with Crippen LogP contribution in [0.2, 0.25) is 0 Å². The van der Waals surface area contributed by atoms with Crippen LogP contribution in [0.4, 0.5) is 13.2 Å². The minimum Gasteiger partial charge on any atom is -0.489 e. The van der Waals surface area contributed by atoms with Crippen molar-refractivity contribution in [3.8, 4) is 5.75 Å². The van der Waals surface area contributed by atoms with Gasteiger partial charge >= 0.3 is 6.18 Å². The van der Waals surface area contributed by atoms with Crippen molar-refractivity contribution < 1.29 is 22.7 Å². The lowest BCUT2D eigenvalue weighted by Crippen LogP contribution is -2.57. The number of rotatable bonds is 6. The lowest BCUT2D eigenvalue weighted by Gasteiger charge is -2.35. The Morgan fingerprint density at radius 1 is 1.40 bits per heavy atom. The van der Waals surface area contributed by atoms with Crippen molar-refractivity contribution in [1.29, 1.82) is 0 Å². The molecular weight excluding hydrogens is 337 g/mol. The molecule has 1 aliphatic rings. The molecule has 2 rings (SSSR count). The first-order chi connectivity index (χ1) is 11.8. The van der Waals surface area contributed by atoms with Gasteiger partial charge in [-0.1, -0.05) is 0 Å². The van der Waals surface area contributed by atoms with Crippen molar-refractivity contribution in [2.24, 2.45) is 0 Å². The van der Waals surface area contributed by atoms with Gasteiger partial charge in [-0.3, -0.25) is 9.69 Å². The normalized spacial score (nSPS) is 17.4. The average Bonchev–Trinajstić information content (AvgIpc) is 2.54. The van der Waals surface area contributed by atoms with Gasteiger partial charge in [-0.15, -0.1) is 0 Å². The van der Waals surface area contributed by atoms with Crippen LogP contribution in [-0.2, 0) is 0 Å². The number of ether oxygens (including phenoxy) is 1. The molecule has 1 aromatic heterocycles. The number of pyridine rings is 1. The van der Waals surface area contributed by atoms with Crippen molar-refractivity contribution in [1.82, 2.24) is 20.5 Å². The molecule has 0 saturated carbocycles. The summed E-state index contributed by atoms with van der Waals surface area (Å²) in [5.41, 5.74) is -0.0163. The summed E-state index contributed by atoms with van der Waals surface area (Å²) in [6, 6.07) is 1.45. The lowest BCUT2D eigenvalue weighted by molar-refractivity contribution is -0.183. The molecule has 1 aromatic rings. The average molecular weight is 360 g/mol. The Hall–Kier alpha value is -1.87. The van der Waals surface area contributed by atoms with Gasteiger partial charge in [0.2, 0.25) is 0 Å². The van der Waals surface area contributed by atoms with Crippen LogP contribution in [0, 0.1) is 0 Å². The van der Waals surface area contributed by atoms with E-state index >= 15 is 0 Å². The maximum Gasteiger partial charge on any atom is 0.405 e. The molecule has 9 heteroatoms. The van der Waals surface area contributed by atoms with Gasteiger partial charge in [-0.25, -0.2) is 4.98 Å². The third kappa shape index (κ3) is 5.57. The van der Waals surface area contributed by atoms with E-state index in [0.29, 0.717) is 13.1 Å². The quantitative estimate of drug-likeness (QED) is 0.804. The second-order valence-electron chi connectivity index (χ2n) is 6.07. The van der Waals surface area contributed by atoms with Crippen LogP contribution in [0.15, 0.2) is 18.3 Å². The van der Waals surface area contributed by atoms with Gasteiger partial charge in [-0.2, -0.15) is 13.2 Å². The summed E-state index contributed by atoms with van der Waals surface area (Å²) in [5, 5.41) is 5.37. The molecule has 0 radical (unpaired) electrons. The molecule has 0 aliphatic carbocycles. The Kier molecular flexibility index (Phi) is 6.60. The van der Waals surface area contributed by atoms with E-state index in [1.807, 2.05) is 0 Å². The Balaban J connectivity index is 2.06. The summed E-state index contributed by atoms with van der Waals surface area (Å²) in [7, 11) is 0. The number of nitrogens with zero attached hydrogens (tertiary/aromatic N) is 2. The van der Waals surface area contributed by atoms with Crippen molar-refractivity contribution in [3.05, 3.63) is 24.0 Å². The van der Waals surface area contributed by atoms with Crippen LogP contribution in [0.1, 0.15) is 24.3 Å². The van der Waals surface area contributed by atoms with Gasteiger partial charge < -0.3 is 15.4 Å². The number of hydrogen-bond acceptors (Lipinski definition) is 5. The summed E-state index contributed by atoms with van der Waals surface area (Å²) in [5.74, 6) is -0.429. The van der Waals surface area contributed by atoms with Crippen LogP contribution in [0.25, 0.3) is 0 Å². The number of carbonyl (C=O) groups is 1. The highest BCUT2D eigenvalue weighted by Gasteiger charge is 2.43. The second-order valence-corrected chi connectivity index (χ2v) is 6.07. The molecule has 1 saturated heterocycles. The zero-order chi connectivity index (χ0) is 18.4. The van der Waals surface area contributed by atoms with E-state index in [2.05, 4.69) is 15.6 Å². The molecule has 1 aliphatic heterocycles. The maximum absolute atomic E-state index is 13.4. The van der Waals surface area contributed by atoms with Crippen LogP contribution in [-0.4, -0.2) is 66.8 Å². The third-order valence-electron chi connectivity index (χ3n) is 3.77. The van der Waals surface area contributed by atoms with Gasteiger partial charge in [0.15, 0.2) is 11.4 Å². The Morgan fingerprint density at radius 3 is 2.68 bits per heavy atom. The summed E-state index contributed by atoms with van der Waals surface area (Å²) in [4.78, 5) is 17.6. The molecule has 1 unspecified atom stereocenters. The molecule has 0 bridgehead atoms. The molecule has 140 valence electrons. The van der Waals surface area contributed by atoms with Crippen LogP contribution < -0.4 is 15.4 Å². The molecule has 2 N–H and O–H groups in total. The first kappa shape index (κ1) is 19.5. The molecule has 1 fully saturated rings. The van der Waals surface area contributed by atoms with Gasteiger partial charge in [0.05, 0.1) is 6.10 Å². The van der Waals surface area contributed by atoms with E-state index in [1.165, 1.54) is 11.1 Å². The topological polar surface area (TPSA) is 66.5 Å². The third-order valence-corrected chi connectivity index (χ3v) is 3.77. The van der Waals surface area contributed by atoms with E-state index in [-0.39, 0.29) is 30.6 Å². The highest BCUT2D eigenvalue weighted by atomic mass is 19.4. The molecule has 25 heavy (non-hydrogen) atoms. The van der Waals surface area contributed by atoms with Crippen LogP contribution in [0.5, 0.6) is 5.75 Å². The number of halogens is 3. The van der Waals surface area contributed by atoms with Gasteiger partial charge in [0.1, 0.15) is 6.04 Å². The predicted octanol–water partition coefficient (Wildman–Crippen LogP) is 1.43. The number of carbonyl (C=O) groups excluding carboxylic acids is 1. The monoisotopic (exact) mass is 360 g/mol. The molecule has 0 aromatic carbocycles. The highest BCUT2D eigenvalue weighted by molar-refractivity contribution is 5.94. The zero-order valence-corrected chi connectivity index (χ0v) is 14.3. The van der Waals surface area contributed by atoms with Crippen molar-refractivity contribution in [2.45, 2.75) is 32.2 Å². The summed E-state index contributed by atoms with van der Waals surface area (Å²) in [6.45, 7) is 4.61. The number of piperazine rings is 1. The smallest absolute Gasteiger partial charge is 0.405 e. The van der Waals surface area contributed by atoms with Crippen molar-refractivity contribution in [3.63, 3.8) is 0 Å². The zero-order valence-electron chi connectivity index (χ0n) is 14.3. The van der Waals surface area contributed by atoms with E-state index in [4.69, 9.17) is 4.74 Å². The fourth-order valence-corrected chi connectivity index (χ4v) is 2.63. The molecule has 0 spiro atoms. The Morgan fingerprint density at radius 2 is 2.08 bits per heavy atom. The van der Waals surface area contributed by atoms with Crippen LogP contribution >= 0.6 is 0 Å². The number of alkyl halides is 3. The highest BCUT2D eigenvalue weighted by Crippen LogP contribution is 2.25. The Bertz CT molecular complexity index is 575. The first-order valence-corrected chi connectivity index (χ1v) is 8.20. The summed E-state index contributed by atoms with van der Waals surface area (Å²) in [6.07, 6.45) is -3.20. The molecular formula is C16H23F3N4O2. The summed E-state index contributed by atoms with van der Waals surface area (Å²) < 4.78 is 45.6.